The number of hydrogen-bond acceptors (Lipinski definition) is 3. The summed E-state index contributed by atoms with van der Waals surface area (Å²) >= 11 is 5.54. The molecule has 1 aliphatic rings. The highest BCUT2D eigenvalue weighted by molar-refractivity contribution is 6.29. The number of ether oxygens (including phenoxy) is 1. The molecular formula is C13H18ClFN2O. The second-order valence-corrected chi connectivity index (χ2v) is 5.12. The molecule has 100 valence electrons. The van der Waals surface area contributed by atoms with E-state index in [1.54, 1.807) is 6.20 Å². The van der Waals surface area contributed by atoms with Gasteiger partial charge in [0.15, 0.2) is 11.0 Å². The van der Waals surface area contributed by atoms with E-state index < -0.39 is 5.82 Å². The summed E-state index contributed by atoms with van der Waals surface area (Å²) in [6, 6.07) is 1.77. The van der Waals surface area contributed by atoms with Crippen LogP contribution in [-0.2, 0) is 11.3 Å². The Balaban J connectivity index is 1.84. The normalized spacial score (nSPS) is 21.8. The molecule has 0 bridgehead atoms. The van der Waals surface area contributed by atoms with Gasteiger partial charge in [-0.05, 0) is 37.3 Å². The lowest BCUT2D eigenvalue weighted by Gasteiger charge is -2.28. The maximum Gasteiger partial charge on any atom is 0.164 e. The van der Waals surface area contributed by atoms with E-state index in [0.29, 0.717) is 18.5 Å². The SMILES string of the molecule is C[C@@H](NCc1cnc(Cl)c(F)c1)[C@@H]1CCCOC1. The van der Waals surface area contributed by atoms with Gasteiger partial charge in [0.2, 0.25) is 0 Å². The molecule has 2 heterocycles. The summed E-state index contributed by atoms with van der Waals surface area (Å²) in [5.41, 5.74) is 0.806. The third kappa shape index (κ3) is 3.64. The zero-order valence-corrected chi connectivity index (χ0v) is 11.2. The molecule has 3 nitrogen and oxygen atoms in total. The van der Waals surface area contributed by atoms with Crippen molar-refractivity contribution in [1.82, 2.24) is 10.3 Å². The average Bonchev–Trinajstić information content (AvgIpc) is 2.41. The molecule has 0 unspecified atom stereocenters. The van der Waals surface area contributed by atoms with E-state index in [2.05, 4.69) is 17.2 Å². The van der Waals surface area contributed by atoms with E-state index >= 15 is 0 Å². The minimum absolute atomic E-state index is 0.0764. The van der Waals surface area contributed by atoms with Crippen LogP contribution < -0.4 is 5.32 Å². The first-order valence-electron chi connectivity index (χ1n) is 6.28. The fraction of sp³-hybridized carbons (Fsp3) is 0.615. The van der Waals surface area contributed by atoms with Crippen molar-refractivity contribution in [3.8, 4) is 0 Å². The molecule has 1 aromatic heterocycles. The highest BCUT2D eigenvalue weighted by atomic mass is 35.5. The lowest BCUT2D eigenvalue weighted by atomic mass is 9.95. The van der Waals surface area contributed by atoms with Gasteiger partial charge in [-0.15, -0.1) is 0 Å². The molecule has 1 N–H and O–H groups in total. The van der Waals surface area contributed by atoms with Crippen LogP contribution in [0.3, 0.4) is 0 Å². The van der Waals surface area contributed by atoms with Gasteiger partial charge < -0.3 is 10.1 Å². The molecule has 0 amide bonds. The molecule has 1 aromatic rings. The third-order valence-corrected chi connectivity index (χ3v) is 3.66. The van der Waals surface area contributed by atoms with E-state index in [-0.39, 0.29) is 5.15 Å². The fourth-order valence-corrected chi connectivity index (χ4v) is 2.27. The predicted molar refractivity (Wildman–Crippen MR) is 69.0 cm³/mol. The number of rotatable bonds is 4. The molecule has 1 saturated heterocycles. The standard InChI is InChI=1S/C13H18ClFN2O/c1-9(11-3-2-4-18-8-11)16-6-10-5-12(15)13(14)17-7-10/h5,7,9,11,16H,2-4,6,8H2,1H3/t9-,11-/m1/s1. The topological polar surface area (TPSA) is 34.2 Å². The first-order chi connectivity index (χ1) is 8.66. The van der Waals surface area contributed by atoms with Gasteiger partial charge in [-0.3, -0.25) is 0 Å². The predicted octanol–water partition coefficient (Wildman–Crippen LogP) is 2.78. The van der Waals surface area contributed by atoms with Crippen LogP contribution in [0.5, 0.6) is 0 Å². The van der Waals surface area contributed by atoms with Crippen LogP contribution in [0.4, 0.5) is 4.39 Å². The number of aromatic nitrogens is 1. The minimum Gasteiger partial charge on any atom is -0.381 e. The number of nitrogens with zero attached hydrogens (tertiary/aromatic N) is 1. The summed E-state index contributed by atoms with van der Waals surface area (Å²) in [4.78, 5) is 3.79. The van der Waals surface area contributed by atoms with Crippen LogP contribution in [0, 0.1) is 11.7 Å². The summed E-state index contributed by atoms with van der Waals surface area (Å²) in [7, 11) is 0. The van der Waals surface area contributed by atoms with Crippen LogP contribution in [0.2, 0.25) is 5.15 Å². The van der Waals surface area contributed by atoms with Crippen molar-refractivity contribution in [1.29, 1.82) is 0 Å². The molecular weight excluding hydrogens is 255 g/mol. The zero-order valence-electron chi connectivity index (χ0n) is 10.5. The summed E-state index contributed by atoms with van der Waals surface area (Å²) < 4.78 is 18.7. The first-order valence-corrected chi connectivity index (χ1v) is 6.65. The Morgan fingerprint density at radius 1 is 1.67 bits per heavy atom. The molecule has 0 spiro atoms. The molecule has 5 heteroatoms. The number of nitrogens with one attached hydrogen (secondary N) is 1. The Kier molecular flexibility index (Phi) is 4.92. The van der Waals surface area contributed by atoms with Gasteiger partial charge in [-0.2, -0.15) is 0 Å². The molecule has 1 aliphatic heterocycles. The smallest absolute Gasteiger partial charge is 0.164 e. The third-order valence-electron chi connectivity index (χ3n) is 3.38. The molecule has 2 rings (SSSR count). The van der Waals surface area contributed by atoms with E-state index in [1.165, 1.54) is 12.5 Å². The van der Waals surface area contributed by atoms with Crippen molar-refractivity contribution in [3.05, 3.63) is 28.8 Å². The number of halogens is 2. The second kappa shape index (κ2) is 6.45. The first kappa shape index (κ1) is 13.7. The van der Waals surface area contributed by atoms with Crippen LogP contribution in [0.1, 0.15) is 25.3 Å². The molecule has 0 aromatic carbocycles. The second-order valence-electron chi connectivity index (χ2n) is 4.76. The zero-order chi connectivity index (χ0) is 13.0. The van der Waals surface area contributed by atoms with Crippen LogP contribution in [-0.4, -0.2) is 24.2 Å². The molecule has 0 radical (unpaired) electrons. The van der Waals surface area contributed by atoms with Crippen LogP contribution >= 0.6 is 11.6 Å². The summed E-state index contributed by atoms with van der Waals surface area (Å²) in [5, 5.41) is 3.31. The molecule has 0 aliphatic carbocycles. The van der Waals surface area contributed by atoms with Gasteiger partial charge in [0.25, 0.3) is 0 Å². The molecule has 18 heavy (non-hydrogen) atoms. The number of pyridine rings is 1. The van der Waals surface area contributed by atoms with Gasteiger partial charge in [0.1, 0.15) is 0 Å². The van der Waals surface area contributed by atoms with Gasteiger partial charge in [0, 0.05) is 25.4 Å². The van der Waals surface area contributed by atoms with Crippen LogP contribution in [0.15, 0.2) is 12.3 Å². The quantitative estimate of drug-likeness (QED) is 0.856. The van der Waals surface area contributed by atoms with Gasteiger partial charge in [0.05, 0.1) is 6.61 Å². The van der Waals surface area contributed by atoms with Gasteiger partial charge >= 0.3 is 0 Å². The van der Waals surface area contributed by atoms with Crippen molar-refractivity contribution < 1.29 is 9.13 Å². The maximum atomic E-state index is 13.2. The molecule has 0 saturated carbocycles. The number of hydrogen-bond donors (Lipinski definition) is 1. The maximum absolute atomic E-state index is 13.2. The van der Waals surface area contributed by atoms with E-state index in [9.17, 15) is 4.39 Å². The van der Waals surface area contributed by atoms with Crippen molar-refractivity contribution in [2.24, 2.45) is 5.92 Å². The Bertz CT molecular complexity index is 397. The van der Waals surface area contributed by atoms with Crippen molar-refractivity contribution in [2.75, 3.05) is 13.2 Å². The summed E-state index contributed by atoms with van der Waals surface area (Å²) in [5.74, 6) is 0.0634. The van der Waals surface area contributed by atoms with E-state index in [1.807, 2.05) is 0 Å². The lowest BCUT2D eigenvalue weighted by Crippen LogP contribution is -2.37. The Labute approximate surface area is 112 Å². The monoisotopic (exact) mass is 272 g/mol. The van der Waals surface area contributed by atoms with E-state index in [0.717, 1.165) is 25.2 Å². The van der Waals surface area contributed by atoms with Gasteiger partial charge in [-0.1, -0.05) is 11.6 Å². The summed E-state index contributed by atoms with van der Waals surface area (Å²) in [6.07, 6.45) is 3.90. The Hall–Kier alpha value is -0.710. The average molecular weight is 273 g/mol. The highest BCUT2D eigenvalue weighted by Gasteiger charge is 2.20. The largest absolute Gasteiger partial charge is 0.381 e. The molecule has 1 fully saturated rings. The van der Waals surface area contributed by atoms with Gasteiger partial charge in [-0.25, -0.2) is 9.37 Å². The fourth-order valence-electron chi connectivity index (χ4n) is 2.16. The minimum atomic E-state index is -0.468. The summed E-state index contributed by atoms with van der Waals surface area (Å²) in [6.45, 7) is 4.41. The van der Waals surface area contributed by atoms with Crippen molar-refractivity contribution in [3.63, 3.8) is 0 Å². The highest BCUT2D eigenvalue weighted by Crippen LogP contribution is 2.18. The van der Waals surface area contributed by atoms with Crippen molar-refractivity contribution >= 4 is 11.6 Å². The van der Waals surface area contributed by atoms with Crippen LogP contribution in [0.25, 0.3) is 0 Å². The Morgan fingerprint density at radius 3 is 3.17 bits per heavy atom. The molecule has 2 atom stereocenters. The van der Waals surface area contributed by atoms with E-state index in [4.69, 9.17) is 16.3 Å². The lowest BCUT2D eigenvalue weighted by molar-refractivity contribution is 0.0417. The van der Waals surface area contributed by atoms with Crippen molar-refractivity contribution in [2.45, 2.75) is 32.4 Å². The Morgan fingerprint density at radius 2 is 2.50 bits per heavy atom.